The summed E-state index contributed by atoms with van der Waals surface area (Å²) in [5.41, 5.74) is 1.34. The Balaban J connectivity index is 1.51. The molecule has 0 aliphatic carbocycles. The Morgan fingerprint density at radius 2 is 0.943 bits per heavy atom. The molecule has 0 unspecified atom stereocenters. The van der Waals surface area contributed by atoms with Crippen molar-refractivity contribution in [3.05, 3.63) is 35.9 Å². The van der Waals surface area contributed by atoms with Crippen LogP contribution >= 0.6 is 77.1 Å². The van der Waals surface area contributed by atoms with Gasteiger partial charge in [0.05, 0.1) is 22.9 Å². The van der Waals surface area contributed by atoms with E-state index in [-0.39, 0.29) is 11.1 Å². The highest BCUT2D eigenvalue weighted by Gasteiger charge is 2.28. The fraction of sp³-hybridized carbons (Fsp3) is 0.250. The van der Waals surface area contributed by atoms with E-state index in [0.717, 1.165) is 30.5 Å². The van der Waals surface area contributed by atoms with E-state index in [9.17, 15) is 0 Å². The van der Waals surface area contributed by atoms with Crippen LogP contribution in [-0.4, -0.2) is 46.3 Å². The maximum atomic E-state index is 15.7. The van der Waals surface area contributed by atoms with E-state index in [1.54, 1.807) is 22.7 Å². The number of aromatic nitrogens is 2. The Morgan fingerprint density at radius 3 is 1.29 bits per heavy atom. The van der Waals surface area contributed by atoms with Crippen LogP contribution in [0, 0.1) is 11.6 Å². The Hall–Kier alpha value is -1.08. The summed E-state index contributed by atoms with van der Waals surface area (Å²) in [6.07, 6.45) is 13.6. The topological polar surface area (TPSA) is 25.8 Å². The molecule has 0 N–H and O–H groups in total. The number of thiophene rings is 4. The second-order valence-electron chi connectivity index (χ2n) is 9.82. The summed E-state index contributed by atoms with van der Waals surface area (Å²) in [6.45, 7) is 0. The summed E-state index contributed by atoms with van der Waals surface area (Å²) in [5.74, 6) is -1.68. The molecule has 6 rings (SSSR count). The molecule has 35 heavy (non-hydrogen) atoms. The molecule has 11 heteroatoms. The van der Waals surface area contributed by atoms with Gasteiger partial charge >= 0.3 is 0 Å². The third-order valence-electron chi connectivity index (χ3n) is 5.66. The lowest BCUT2D eigenvalue weighted by Crippen LogP contribution is -1.95. The number of hydrogen-bond donors (Lipinski definition) is 0. The monoisotopic (exact) mass is 600 g/mol. The predicted octanol–water partition coefficient (Wildman–Crippen LogP) is 9.96. The zero-order valence-electron chi connectivity index (χ0n) is 19.8. The number of benzene rings is 1. The first-order chi connectivity index (χ1) is 16.4. The van der Waals surface area contributed by atoms with Crippen molar-refractivity contribution in [2.75, 3.05) is 37.5 Å². The maximum Gasteiger partial charge on any atom is 0.170 e. The lowest BCUT2D eigenvalue weighted by atomic mass is 10.0. The highest BCUT2D eigenvalue weighted by atomic mass is 32.3. The normalized spacial score (nSPS) is 14.1. The van der Waals surface area contributed by atoms with Gasteiger partial charge in [-0.25, -0.2) is 28.8 Å². The number of hydrogen-bond acceptors (Lipinski definition) is 7. The van der Waals surface area contributed by atoms with Gasteiger partial charge in [0.25, 0.3) is 0 Å². The third kappa shape index (κ3) is 3.98. The van der Waals surface area contributed by atoms with Crippen LogP contribution in [0.4, 0.5) is 8.78 Å². The van der Waals surface area contributed by atoms with E-state index in [1.807, 2.05) is 12.1 Å². The van der Waals surface area contributed by atoms with Crippen LogP contribution in [0.2, 0.25) is 0 Å². The molecule has 0 amide bonds. The Bertz CT molecular complexity index is 1560. The number of rotatable bonds is 4. The molecular formula is C24H22F2N2S7. The van der Waals surface area contributed by atoms with E-state index >= 15 is 8.78 Å². The second kappa shape index (κ2) is 8.21. The van der Waals surface area contributed by atoms with Crippen LogP contribution in [-0.2, 0) is 0 Å². The van der Waals surface area contributed by atoms with Gasteiger partial charge in [-0.15, -0.1) is 45.3 Å². The fourth-order valence-electron chi connectivity index (χ4n) is 3.87. The van der Waals surface area contributed by atoms with E-state index in [4.69, 9.17) is 0 Å². The average molecular weight is 601 g/mol. The van der Waals surface area contributed by atoms with Gasteiger partial charge in [0.2, 0.25) is 0 Å². The zero-order valence-corrected chi connectivity index (χ0v) is 25.5. The second-order valence-corrected chi connectivity index (χ2v) is 23.4. The van der Waals surface area contributed by atoms with Gasteiger partial charge in [-0.2, -0.15) is 8.75 Å². The third-order valence-corrected chi connectivity index (χ3v) is 16.6. The van der Waals surface area contributed by atoms with Crippen molar-refractivity contribution in [3.8, 4) is 20.9 Å². The molecule has 0 bridgehead atoms. The molecule has 0 spiro atoms. The summed E-state index contributed by atoms with van der Waals surface area (Å²) in [7, 11) is -1.67. The number of fused-ring (bicyclic) bond motifs is 3. The van der Waals surface area contributed by atoms with Gasteiger partial charge in [0.15, 0.2) is 11.6 Å². The molecule has 0 aliphatic rings. The fourth-order valence-corrected chi connectivity index (χ4v) is 12.4. The minimum absolute atomic E-state index is 0.227. The lowest BCUT2D eigenvalue weighted by molar-refractivity contribution is 0.516. The van der Waals surface area contributed by atoms with Crippen LogP contribution in [0.5, 0.6) is 0 Å². The molecule has 2 nitrogen and oxygen atoms in total. The average Bonchev–Trinajstić information content (AvgIpc) is 3.52. The van der Waals surface area contributed by atoms with Crippen molar-refractivity contribution >= 4 is 107 Å². The van der Waals surface area contributed by atoms with Gasteiger partial charge in [0.1, 0.15) is 11.0 Å². The maximum absolute atomic E-state index is 15.7. The SMILES string of the molecule is CS(C)(C)c1cc2sc(-c3c(F)c(F)c(-c4cc5sc(S(C)(C)C)cc5s4)c4nsnc34)cc2s1. The molecular weight excluding hydrogens is 579 g/mol. The molecule has 1 aromatic carbocycles. The van der Waals surface area contributed by atoms with Gasteiger partial charge in [-0.1, -0.05) is 0 Å². The van der Waals surface area contributed by atoms with Crippen molar-refractivity contribution in [1.82, 2.24) is 8.75 Å². The smallest absolute Gasteiger partial charge is 0.170 e. The van der Waals surface area contributed by atoms with Crippen molar-refractivity contribution in [2.24, 2.45) is 0 Å². The summed E-state index contributed by atoms with van der Waals surface area (Å²) in [4.78, 5) is 1.40. The highest BCUT2D eigenvalue weighted by Crippen LogP contribution is 2.55. The molecule has 0 radical (unpaired) electrons. The summed E-state index contributed by atoms with van der Waals surface area (Å²) >= 11 is 7.50. The van der Waals surface area contributed by atoms with Gasteiger partial charge in [-0.05, 0) is 61.8 Å². The molecule has 5 aromatic heterocycles. The van der Waals surface area contributed by atoms with Gasteiger partial charge in [0, 0.05) is 37.0 Å². The highest BCUT2D eigenvalue weighted by molar-refractivity contribution is 8.33. The Kier molecular flexibility index (Phi) is 5.69. The summed E-state index contributed by atoms with van der Waals surface area (Å²) in [5, 5.41) is 0. The Morgan fingerprint density at radius 1 is 0.571 bits per heavy atom. The van der Waals surface area contributed by atoms with E-state index in [0.29, 0.717) is 20.8 Å². The minimum atomic E-state index is -0.840. The molecule has 0 fully saturated rings. The minimum Gasteiger partial charge on any atom is -0.214 e. The Labute approximate surface area is 225 Å². The molecule has 5 heterocycles. The summed E-state index contributed by atoms with van der Waals surface area (Å²) in [6, 6.07) is 8.36. The van der Waals surface area contributed by atoms with Gasteiger partial charge in [-0.3, -0.25) is 0 Å². The molecule has 0 atom stereocenters. The molecule has 0 aliphatic heterocycles. The van der Waals surface area contributed by atoms with Crippen molar-refractivity contribution < 1.29 is 8.78 Å². The molecule has 184 valence electrons. The molecule has 0 saturated carbocycles. The lowest BCUT2D eigenvalue weighted by Gasteiger charge is -2.22. The largest absolute Gasteiger partial charge is 0.214 e. The molecule has 6 aromatic rings. The number of nitrogens with zero attached hydrogens (tertiary/aromatic N) is 2. The van der Waals surface area contributed by atoms with Crippen LogP contribution in [0.25, 0.3) is 50.7 Å². The van der Waals surface area contributed by atoms with Crippen LogP contribution in [0.1, 0.15) is 0 Å². The van der Waals surface area contributed by atoms with Gasteiger partial charge < -0.3 is 0 Å². The van der Waals surface area contributed by atoms with Crippen molar-refractivity contribution in [1.29, 1.82) is 0 Å². The predicted molar refractivity (Wildman–Crippen MR) is 162 cm³/mol. The quantitative estimate of drug-likeness (QED) is 0.201. The zero-order chi connectivity index (χ0) is 24.9. The molecule has 0 saturated heterocycles. The first-order valence-electron chi connectivity index (χ1n) is 10.5. The first kappa shape index (κ1) is 24.3. The first-order valence-corrected chi connectivity index (χ1v) is 20.2. The van der Waals surface area contributed by atoms with E-state index in [1.165, 1.54) is 31.1 Å². The summed E-state index contributed by atoms with van der Waals surface area (Å²) < 4.78 is 47.5. The standard InChI is InChI=1S/C24H22F2N2S7/c1-34(2,3)17-9-13-11(31-17)7-15(29-13)19-21(25)22(26)20(24-23(19)27-33-28-24)16-8-12-14(30-16)10-18(32-12)35(4,5)6/h7-10H,1-6H3. The van der Waals surface area contributed by atoms with E-state index < -0.39 is 31.7 Å². The van der Waals surface area contributed by atoms with Crippen molar-refractivity contribution in [3.63, 3.8) is 0 Å². The van der Waals surface area contributed by atoms with Crippen molar-refractivity contribution in [2.45, 2.75) is 8.42 Å². The van der Waals surface area contributed by atoms with Crippen LogP contribution in [0.3, 0.4) is 0 Å². The van der Waals surface area contributed by atoms with E-state index in [2.05, 4.69) is 58.4 Å². The van der Waals surface area contributed by atoms with Crippen LogP contribution in [0.15, 0.2) is 32.7 Å². The number of halogens is 2. The van der Waals surface area contributed by atoms with Crippen LogP contribution < -0.4 is 0 Å².